The van der Waals surface area contributed by atoms with Crippen LogP contribution in [-0.4, -0.2) is 92.6 Å². The van der Waals surface area contributed by atoms with Crippen molar-refractivity contribution in [3.05, 3.63) is 35.4 Å². The predicted molar refractivity (Wildman–Crippen MR) is 182 cm³/mol. The Bertz CT molecular complexity index is 1020. The van der Waals surface area contributed by atoms with Crippen LogP contribution in [0.1, 0.15) is 67.2 Å². The zero-order valence-electron chi connectivity index (χ0n) is 30.4. The number of rotatable bonds is 21. The van der Waals surface area contributed by atoms with Crippen molar-refractivity contribution in [3.63, 3.8) is 0 Å². The molecule has 1 aliphatic heterocycles. The summed E-state index contributed by atoms with van der Waals surface area (Å²) in [7, 11) is 4.53. The maximum absolute atomic E-state index is 10.2. The minimum absolute atomic E-state index is 0.0507. The summed E-state index contributed by atoms with van der Waals surface area (Å²) in [5.74, 6) is 0.904. The molecular weight excluding hydrogens is 608 g/mol. The van der Waals surface area contributed by atoms with Gasteiger partial charge in [0.1, 0.15) is 19.7 Å². The van der Waals surface area contributed by atoms with Crippen LogP contribution in [0.25, 0.3) is 0 Å². The topological polar surface area (TPSA) is 103 Å². The van der Waals surface area contributed by atoms with E-state index in [1.807, 2.05) is 32.0 Å². The number of hydrogen-bond acceptors (Lipinski definition) is 10. The molecular formula is C35H62O10Si. The minimum atomic E-state index is -1.92. The van der Waals surface area contributed by atoms with E-state index in [2.05, 4.69) is 40.7 Å². The van der Waals surface area contributed by atoms with Crippen molar-refractivity contribution in [1.29, 1.82) is 0 Å². The molecule has 1 unspecified atom stereocenters. The molecule has 2 rings (SSSR count). The second-order valence-electron chi connectivity index (χ2n) is 12.5. The lowest BCUT2D eigenvalue weighted by Gasteiger charge is -2.47. The van der Waals surface area contributed by atoms with Gasteiger partial charge in [-0.05, 0) is 49.7 Å². The highest BCUT2D eigenvalue weighted by molar-refractivity contribution is 6.73. The first-order valence-corrected chi connectivity index (χ1v) is 19.2. The van der Waals surface area contributed by atoms with E-state index in [-0.39, 0.29) is 43.5 Å². The average Bonchev–Trinajstić information content (AvgIpc) is 3.06. The maximum Gasteiger partial charge on any atom is 0.192 e. The second-order valence-corrected chi connectivity index (χ2v) is 17.3. The first kappa shape index (κ1) is 40.6. The van der Waals surface area contributed by atoms with E-state index < -0.39 is 32.9 Å². The van der Waals surface area contributed by atoms with Gasteiger partial charge in [0, 0.05) is 37.5 Å². The molecule has 10 nitrogen and oxygen atoms in total. The Morgan fingerprint density at radius 2 is 1.48 bits per heavy atom. The smallest absolute Gasteiger partial charge is 0.192 e. The number of aliphatic hydroxyl groups is 1. The lowest BCUT2D eigenvalue weighted by molar-refractivity contribution is -0.310. The fraction of sp³-hybridized carbons (Fsp3) is 0.771. The molecule has 0 aromatic heterocycles. The van der Waals surface area contributed by atoms with Crippen LogP contribution in [0, 0.1) is 17.8 Å². The van der Waals surface area contributed by atoms with Crippen LogP contribution in [0.4, 0.5) is 0 Å². The Hall–Kier alpha value is -1.54. The SMILES string of the molecule is CC[Si](CC)(CC)OC[C@H](OCOC)[C@H]1O[C@@H](c2ccc(OC)c(OC)c2)O[C@@H]([C@H](C)[C@@H](OCOC)/C(C)=C/[C@H](C)C(C)O)[C@H]1C. The van der Waals surface area contributed by atoms with E-state index >= 15 is 0 Å². The van der Waals surface area contributed by atoms with Gasteiger partial charge in [-0.1, -0.05) is 53.7 Å². The highest BCUT2D eigenvalue weighted by Crippen LogP contribution is 2.42. The molecule has 9 atom stereocenters. The normalized spacial score (nSPS) is 24.2. The van der Waals surface area contributed by atoms with Crippen molar-refractivity contribution in [3.8, 4) is 11.5 Å². The largest absolute Gasteiger partial charge is 0.493 e. The first-order valence-electron chi connectivity index (χ1n) is 16.7. The summed E-state index contributed by atoms with van der Waals surface area (Å²) in [6, 6.07) is 8.77. The molecule has 1 aromatic rings. The van der Waals surface area contributed by atoms with Crippen LogP contribution in [0.5, 0.6) is 11.5 Å². The molecule has 1 N–H and O–H groups in total. The standard InChI is InChI=1S/C35H62O10Si/c1-13-46(14-2,15-3)43-20-31(41-21-37-9)34-26(7)33(25(6)32(42-22-38-10)24(5)18-23(4)27(8)36)44-35(45-34)28-16-17-29(39-11)30(19-28)40-12/h16-19,23,25-27,31-36H,13-15,20-22H2,1-12H3/b24-18+/t23-,25+,26+,27?,31-,32-,33-,34-,35-/m0/s1. The number of methoxy groups -OCH3 is 4. The van der Waals surface area contributed by atoms with Crippen molar-refractivity contribution in [1.82, 2.24) is 0 Å². The summed E-state index contributed by atoms with van der Waals surface area (Å²) in [6.45, 7) is 17.4. The number of hydrogen-bond donors (Lipinski definition) is 1. The fourth-order valence-corrected chi connectivity index (χ4v) is 8.94. The van der Waals surface area contributed by atoms with Crippen molar-refractivity contribution in [2.75, 3.05) is 48.6 Å². The summed E-state index contributed by atoms with van der Waals surface area (Å²) in [5.41, 5.74) is 1.79. The number of benzene rings is 1. The quantitative estimate of drug-likeness (QED) is 0.0861. The highest BCUT2D eigenvalue weighted by Gasteiger charge is 2.47. The molecule has 0 aliphatic carbocycles. The van der Waals surface area contributed by atoms with Gasteiger partial charge in [-0.2, -0.15) is 0 Å². The van der Waals surface area contributed by atoms with E-state index in [1.54, 1.807) is 35.4 Å². The maximum atomic E-state index is 10.2. The zero-order chi connectivity index (χ0) is 34.4. The van der Waals surface area contributed by atoms with Gasteiger partial charge in [-0.15, -0.1) is 0 Å². The number of aliphatic hydroxyl groups excluding tert-OH is 1. The van der Waals surface area contributed by atoms with Gasteiger partial charge in [-0.3, -0.25) is 0 Å². The van der Waals surface area contributed by atoms with Gasteiger partial charge in [-0.25, -0.2) is 0 Å². The summed E-state index contributed by atoms with van der Waals surface area (Å²) < 4.78 is 54.9. The van der Waals surface area contributed by atoms with Crippen LogP contribution < -0.4 is 9.47 Å². The van der Waals surface area contributed by atoms with Crippen LogP contribution >= 0.6 is 0 Å². The molecule has 1 heterocycles. The van der Waals surface area contributed by atoms with Crippen LogP contribution in [0.15, 0.2) is 29.8 Å². The number of ether oxygens (including phenoxy) is 8. The van der Waals surface area contributed by atoms with Crippen molar-refractivity contribution in [2.45, 2.75) is 110 Å². The molecule has 0 bridgehead atoms. The van der Waals surface area contributed by atoms with Crippen molar-refractivity contribution in [2.24, 2.45) is 17.8 Å². The first-order chi connectivity index (χ1) is 22.0. The average molecular weight is 671 g/mol. The third-order valence-corrected chi connectivity index (χ3v) is 14.3. The predicted octanol–water partition coefficient (Wildman–Crippen LogP) is 6.72. The van der Waals surface area contributed by atoms with Gasteiger partial charge in [0.15, 0.2) is 26.1 Å². The Kier molecular flexibility index (Phi) is 17.7. The summed E-state index contributed by atoms with van der Waals surface area (Å²) in [6.07, 6.45) is -0.604. The summed E-state index contributed by atoms with van der Waals surface area (Å²) >= 11 is 0. The molecule has 1 saturated heterocycles. The van der Waals surface area contributed by atoms with Crippen LogP contribution in [-0.2, 0) is 32.8 Å². The van der Waals surface area contributed by atoms with E-state index in [0.717, 1.165) is 29.3 Å². The van der Waals surface area contributed by atoms with Crippen LogP contribution in [0.2, 0.25) is 18.1 Å². The molecule has 0 saturated carbocycles. The molecule has 0 spiro atoms. The van der Waals surface area contributed by atoms with Crippen molar-refractivity contribution < 1.29 is 47.4 Å². The van der Waals surface area contributed by atoms with E-state index in [9.17, 15) is 5.11 Å². The lowest BCUT2D eigenvalue weighted by Crippen LogP contribution is -2.54. The van der Waals surface area contributed by atoms with Gasteiger partial charge in [0.2, 0.25) is 0 Å². The van der Waals surface area contributed by atoms with Crippen molar-refractivity contribution >= 4 is 8.32 Å². The minimum Gasteiger partial charge on any atom is -0.493 e. The Morgan fingerprint density at radius 3 is 2.02 bits per heavy atom. The highest BCUT2D eigenvalue weighted by atomic mass is 28.4. The molecule has 0 radical (unpaired) electrons. The van der Waals surface area contributed by atoms with Gasteiger partial charge in [0.05, 0.1) is 45.2 Å². The molecule has 0 amide bonds. The third kappa shape index (κ3) is 10.7. The third-order valence-electron chi connectivity index (χ3n) is 9.63. The fourth-order valence-electron chi connectivity index (χ4n) is 6.31. The summed E-state index contributed by atoms with van der Waals surface area (Å²) in [5, 5.41) is 10.2. The van der Waals surface area contributed by atoms with E-state index in [1.165, 1.54) is 0 Å². The summed E-state index contributed by atoms with van der Waals surface area (Å²) in [4.78, 5) is 0. The molecule has 1 fully saturated rings. The monoisotopic (exact) mass is 670 g/mol. The van der Waals surface area contributed by atoms with Crippen LogP contribution in [0.3, 0.4) is 0 Å². The van der Waals surface area contributed by atoms with Gasteiger partial charge < -0.3 is 47.4 Å². The Balaban J connectivity index is 2.61. The van der Waals surface area contributed by atoms with E-state index in [4.69, 9.17) is 42.3 Å². The van der Waals surface area contributed by atoms with Gasteiger partial charge in [0.25, 0.3) is 0 Å². The molecule has 1 aromatic carbocycles. The Labute approximate surface area is 279 Å². The molecule has 11 heteroatoms. The lowest BCUT2D eigenvalue weighted by atomic mass is 9.81. The molecule has 266 valence electrons. The Morgan fingerprint density at radius 1 is 0.891 bits per heavy atom. The van der Waals surface area contributed by atoms with Gasteiger partial charge >= 0.3 is 0 Å². The van der Waals surface area contributed by atoms with E-state index in [0.29, 0.717) is 18.1 Å². The molecule has 46 heavy (non-hydrogen) atoms. The molecule has 1 aliphatic rings. The zero-order valence-corrected chi connectivity index (χ0v) is 31.4. The second kappa shape index (κ2) is 20.1.